The summed E-state index contributed by atoms with van der Waals surface area (Å²) in [6.07, 6.45) is 1.81. The molecule has 1 aliphatic heterocycles. The first kappa shape index (κ1) is 14.0. The standard InChI is InChI=1S/C13H19N7S/c1-3-14-11-4-5-15-12(17-11)19-6-8-20(9-7-19)13-16-10(2)18-21-13/h4-5H,3,6-9H2,1-2H3,(H,14,15,17). The lowest BCUT2D eigenvalue weighted by atomic mass is 10.3. The van der Waals surface area contributed by atoms with Gasteiger partial charge in [0.15, 0.2) is 0 Å². The Morgan fingerprint density at radius 3 is 2.62 bits per heavy atom. The second-order valence-corrected chi connectivity index (χ2v) is 5.60. The first-order valence-corrected chi connectivity index (χ1v) is 7.90. The second kappa shape index (κ2) is 6.21. The zero-order chi connectivity index (χ0) is 14.7. The Morgan fingerprint density at radius 1 is 1.19 bits per heavy atom. The molecule has 0 atom stereocenters. The maximum absolute atomic E-state index is 4.55. The van der Waals surface area contributed by atoms with Crippen molar-refractivity contribution in [1.29, 1.82) is 0 Å². The van der Waals surface area contributed by atoms with Gasteiger partial charge < -0.3 is 15.1 Å². The van der Waals surface area contributed by atoms with Gasteiger partial charge >= 0.3 is 0 Å². The minimum atomic E-state index is 0.793. The Kier molecular flexibility index (Phi) is 4.14. The van der Waals surface area contributed by atoms with Gasteiger partial charge in [0.05, 0.1) is 0 Å². The predicted octanol–water partition coefficient (Wildman–Crippen LogP) is 1.39. The minimum absolute atomic E-state index is 0.793. The lowest BCUT2D eigenvalue weighted by Crippen LogP contribution is -2.47. The first-order chi connectivity index (χ1) is 10.3. The van der Waals surface area contributed by atoms with Crippen molar-refractivity contribution >= 4 is 28.4 Å². The summed E-state index contributed by atoms with van der Waals surface area (Å²) >= 11 is 1.47. The highest BCUT2D eigenvalue weighted by atomic mass is 32.1. The topological polar surface area (TPSA) is 70.1 Å². The minimum Gasteiger partial charge on any atom is -0.370 e. The molecule has 8 heteroatoms. The number of hydrogen-bond donors (Lipinski definition) is 1. The predicted molar refractivity (Wildman–Crippen MR) is 85.3 cm³/mol. The van der Waals surface area contributed by atoms with Crippen LogP contribution in [0, 0.1) is 6.92 Å². The lowest BCUT2D eigenvalue weighted by Gasteiger charge is -2.34. The fourth-order valence-electron chi connectivity index (χ4n) is 2.29. The maximum Gasteiger partial charge on any atom is 0.227 e. The van der Waals surface area contributed by atoms with E-state index < -0.39 is 0 Å². The van der Waals surface area contributed by atoms with Gasteiger partial charge in [-0.2, -0.15) is 9.36 Å². The van der Waals surface area contributed by atoms with Gasteiger partial charge in [-0.3, -0.25) is 0 Å². The molecule has 3 heterocycles. The van der Waals surface area contributed by atoms with E-state index in [1.165, 1.54) is 11.5 Å². The largest absolute Gasteiger partial charge is 0.370 e. The quantitative estimate of drug-likeness (QED) is 0.915. The highest BCUT2D eigenvalue weighted by molar-refractivity contribution is 7.09. The summed E-state index contributed by atoms with van der Waals surface area (Å²) in [6, 6.07) is 1.90. The fraction of sp³-hybridized carbons (Fsp3) is 0.538. The Hall–Kier alpha value is -1.96. The van der Waals surface area contributed by atoms with Crippen LogP contribution in [0.1, 0.15) is 12.7 Å². The Balaban J connectivity index is 1.64. The summed E-state index contributed by atoms with van der Waals surface area (Å²) in [7, 11) is 0. The zero-order valence-corrected chi connectivity index (χ0v) is 13.1. The van der Waals surface area contributed by atoms with Gasteiger partial charge in [-0.05, 0) is 19.9 Å². The van der Waals surface area contributed by atoms with E-state index in [2.05, 4.69) is 41.4 Å². The summed E-state index contributed by atoms with van der Waals surface area (Å²) < 4.78 is 4.24. The third-order valence-corrected chi connectivity index (χ3v) is 4.22. The molecular weight excluding hydrogens is 286 g/mol. The van der Waals surface area contributed by atoms with E-state index in [0.29, 0.717) is 0 Å². The fourth-order valence-corrected chi connectivity index (χ4v) is 3.02. The molecule has 1 saturated heterocycles. The van der Waals surface area contributed by atoms with Crippen molar-refractivity contribution in [2.45, 2.75) is 13.8 Å². The number of rotatable bonds is 4. The Labute approximate surface area is 128 Å². The van der Waals surface area contributed by atoms with Gasteiger partial charge in [-0.25, -0.2) is 9.97 Å². The molecule has 2 aromatic heterocycles. The van der Waals surface area contributed by atoms with Gasteiger partial charge in [0.25, 0.3) is 0 Å². The van der Waals surface area contributed by atoms with Gasteiger partial charge in [-0.15, -0.1) is 0 Å². The van der Waals surface area contributed by atoms with E-state index in [1.807, 2.05) is 13.0 Å². The Morgan fingerprint density at radius 2 is 1.95 bits per heavy atom. The van der Waals surface area contributed by atoms with Crippen LogP contribution >= 0.6 is 11.5 Å². The summed E-state index contributed by atoms with van der Waals surface area (Å²) in [5.74, 6) is 2.52. The molecule has 21 heavy (non-hydrogen) atoms. The van der Waals surface area contributed by atoms with E-state index in [4.69, 9.17) is 0 Å². The second-order valence-electron chi connectivity index (χ2n) is 4.87. The molecule has 112 valence electrons. The van der Waals surface area contributed by atoms with Crippen molar-refractivity contribution < 1.29 is 0 Å². The molecule has 7 nitrogen and oxygen atoms in total. The van der Waals surface area contributed by atoms with Crippen molar-refractivity contribution in [3.63, 3.8) is 0 Å². The first-order valence-electron chi connectivity index (χ1n) is 7.13. The molecular formula is C13H19N7S. The van der Waals surface area contributed by atoms with E-state index in [0.717, 1.165) is 55.4 Å². The summed E-state index contributed by atoms with van der Waals surface area (Å²) in [4.78, 5) is 17.9. The number of hydrogen-bond acceptors (Lipinski definition) is 8. The third kappa shape index (κ3) is 3.21. The van der Waals surface area contributed by atoms with Crippen molar-refractivity contribution in [2.24, 2.45) is 0 Å². The SMILES string of the molecule is CCNc1ccnc(N2CCN(c3nc(C)ns3)CC2)n1. The summed E-state index contributed by atoms with van der Waals surface area (Å²) in [5.41, 5.74) is 0. The molecule has 0 saturated carbocycles. The molecule has 0 aliphatic carbocycles. The maximum atomic E-state index is 4.55. The summed E-state index contributed by atoms with van der Waals surface area (Å²) in [5, 5.41) is 4.23. The van der Waals surface area contributed by atoms with Gasteiger partial charge in [0, 0.05) is 50.5 Å². The molecule has 2 aromatic rings. The molecule has 0 aromatic carbocycles. The number of aryl methyl sites for hydroxylation is 1. The van der Waals surface area contributed by atoms with Crippen LogP contribution < -0.4 is 15.1 Å². The van der Waals surface area contributed by atoms with E-state index in [-0.39, 0.29) is 0 Å². The average Bonchev–Trinajstić information content (AvgIpc) is 2.95. The summed E-state index contributed by atoms with van der Waals surface area (Å²) in [6.45, 7) is 8.48. The highest BCUT2D eigenvalue weighted by Gasteiger charge is 2.21. The molecule has 1 N–H and O–H groups in total. The van der Waals surface area contributed by atoms with E-state index in [9.17, 15) is 0 Å². The van der Waals surface area contributed by atoms with Crippen LogP contribution in [0.4, 0.5) is 16.9 Å². The van der Waals surface area contributed by atoms with Crippen LogP contribution in [-0.4, -0.2) is 52.0 Å². The Bertz CT molecular complexity index is 592. The molecule has 0 bridgehead atoms. The van der Waals surface area contributed by atoms with Crippen LogP contribution in [0.25, 0.3) is 0 Å². The van der Waals surface area contributed by atoms with Gasteiger partial charge in [0.2, 0.25) is 11.1 Å². The van der Waals surface area contributed by atoms with E-state index >= 15 is 0 Å². The van der Waals surface area contributed by atoms with Crippen molar-refractivity contribution in [3.05, 3.63) is 18.1 Å². The number of piperazine rings is 1. The van der Waals surface area contributed by atoms with Gasteiger partial charge in [0.1, 0.15) is 11.6 Å². The van der Waals surface area contributed by atoms with E-state index in [1.54, 1.807) is 6.20 Å². The molecule has 3 rings (SSSR count). The smallest absolute Gasteiger partial charge is 0.227 e. The normalized spacial score (nSPS) is 15.3. The van der Waals surface area contributed by atoms with Gasteiger partial charge in [-0.1, -0.05) is 0 Å². The molecule has 0 radical (unpaired) electrons. The van der Waals surface area contributed by atoms with Crippen LogP contribution in [0.5, 0.6) is 0 Å². The number of anilines is 3. The highest BCUT2D eigenvalue weighted by Crippen LogP contribution is 2.20. The van der Waals surface area contributed by atoms with Crippen LogP contribution in [-0.2, 0) is 0 Å². The zero-order valence-electron chi connectivity index (χ0n) is 12.3. The average molecular weight is 305 g/mol. The molecule has 0 unspecified atom stereocenters. The lowest BCUT2D eigenvalue weighted by molar-refractivity contribution is 0.638. The van der Waals surface area contributed by atoms with Crippen LogP contribution in [0.15, 0.2) is 12.3 Å². The number of nitrogens with zero attached hydrogens (tertiary/aromatic N) is 6. The number of aromatic nitrogens is 4. The van der Waals surface area contributed by atoms with Crippen LogP contribution in [0.3, 0.4) is 0 Å². The third-order valence-electron chi connectivity index (χ3n) is 3.35. The van der Waals surface area contributed by atoms with Crippen LogP contribution in [0.2, 0.25) is 0 Å². The molecule has 0 amide bonds. The molecule has 1 aliphatic rings. The number of nitrogens with one attached hydrogen (secondary N) is 1. The van der Waals surface area contributed by atoms with Crippen molar-refractivity contribution in [1.82, 2.24) is 19.3 Å². The molecule has 1 fully saturated rings. The molecule has 0 spiro atoms. The van der Waals surface area contributed by atoms with Crippen molar-refractivity contribution in [3.8, 4) is 0 Å². The van der Waals surface area contributed by atoms with Crippen molar-refractivity contribution in [2.75, 3.05) is 47.8 Å². The monoisotopic (exact) mass is 305 g/mol.